The second kappa shape index (κ2) is 4.65. The Morgan fingerprint density at radius 2 is 1.95 bits per heavy atom. The summed E-state index contributed by atoms with van der Waals surface area (Å²) in [4.78, 5) is 20.6. The molecule has 0 unspecified atom stereocenters. The molecule has 0 spiro atoms. The van der Waals surface area contributed by atoms with Crippen molar-refractivity contribution in [2.24, 2.45) is 4.99 Å². The van der Waals surface area contributed by atoms with Gasteiger partial charge in [0.25, 0.3) is 0 Å². The third-order valence-electron chi connectivity index (χ3n) is 3.01. The lowest BCUT2D eigenvalue weighted by atomic mass is 10.1. The number of aromatic nitrogens is 1. The zero-order valence-electron chi connectivity index (χ0n) is 10.6. The van der Waals surface area contributed by atoms with E-state index in [1.165, 1.54) is 5.56 Å². The molecule has 94 valence electrons. The minimum atomic E-state index is -0.0863. The van der Waals surface area contributed by atoms with Crippen molar-refractivity contribution in [2.75, 3.05) is 5.32 Å². The van der Waals surface area contributed by atoms with Gasteiger partial charge in [-0.3, -0.25) is 4.79 Å². The van der Waals surface area contributed by atoms with E-state index < -0.39 is 0 Å². The minimum Gasteiger partial charge on any atom is -0.309 e. The Balaban J connectivity index is 2.08. The van der Waals surface area contributed by atoms with Gasteiger partial charge in [-0.25, -0.2) is 9.98 Å². The van der Waals surface area contributed by atoms with Gasteiger partial charge in [0, 0.05) is 6.20 Å². The molecular weight excluding hydrogens is 238 g/mol. The summed E-state index contributed by atoms with van der Waals surface area (Å²) in [5.41, 5.74) is 3.62. The van der Waals surface area contributed by atoms with Crippen molar-refractivity contribution in [1.82, 2.24) is 4.98 Å². The number of aliphatic imine (C=N–C) groups is 1. The van der Waals surface area contributed by atoms with Gasteiger partial charge in [0.2, 0.25) is 5.91 Å². The maximum absolute atomic E-state index is 11.9. The monoisotopic (exact) mass is 251 g/mol. The third kappa shape index (κ3) is 2.38. The molecule has 1 aliphatic rings. The minimum absolute atomic E-state index is 0.0863. The van der Waals surface area contributed by atoms with Gasteiger partial charge in [-0.15, -0.1) is 0 Å². The first-order chi connectivity index (χ1) is 9.22. The van der Waals surface area contributed by atoms with E-state index in [4.69, 9.17) is 0 Å². The van der Waals surface area contributed by atoms with E-state index in [1.54, 1.807) is 6.20 Å². The van der Waals surface area contributed by atoms with Crippen LogP contribution in [0.2, 0.25) is 0 Å². The van der Waals surface area contributed by atoms with E-state index in [2.05, 4.69) is 15.3 Å². The van der Waals surface area contributed by atoms with E-state index in [9.17, 15) is 4.79 Å². The van der Waals surface area contributed by atoms with Crippen LogP contribution in [0, 0.1) is 6.92 Å². The molecule has 0 atom stereocenters. The van der Waals surface area contributed by atoms with Gasteiger partial charge in [-0.1, -0.05) is 29.8 Å². The molecule has 0 bridgehead atoms. The molecule has 1 amide bonds. The van der Waals surface area contributed by atoms with Gasteiger partial charge in [0.1, 0.15) is 5.69 Å². The van der Waals surface area contributed by atoms with Crippen molar-refractivity contribution in [2.45, 2.75) is 13.3 Å². The van der Waals surface area contributed by atoms with E-state index in [0.717, 1.165) is 11.3 Å². The van der Waals surface area contributed by atoms with Gasteiger partial charge in [-0.2, -0.15) is 0 Å². The molecule has 1 aromatic carbocycles. The highest BCUT2D eigenvalue weighted by atomic mass is 16.1. The number of nitrogens with one attached hydrogen (secondary N) is 1. The van der Waals surface area contributed by atoms with Crippen molar-refractivity contribution < 1.29 is 4.79 Å². The topological polar surface area (TPSA) is 54.4 Å². The molecule has 1 N–H and O–H groups in total. The molecule has 0 fully saturated rings. The van der Waals surface area contributed by atoms with Crippen LogP contribution < -0.4 is 5.32 Å². The summed E-state index contributed by atoms with van der Waals surface area (Å²) in [6.45, 7) is 2.03. The van der Waals surface area contributed by atoms with Gasteiger partial charge in [-0.05, 0) is 24.6 Å². The highest BCUT2D eigenvalue weighted by molar-refractivity contribution is 6.16. The SMILES string of the molecule is Cc1ccc(C2=Nc3cccnc3NC(=O)C2)cc1. The van der Waals surface area contributed by atoms with Crippen molar-refractivity contribution in [3.8, 4) is 0 Å². The molecule has 1 aliphatic heterocycles. The summed E-state index contributed by atoms with van der Waals surface area (Å²) >= 11 is 0. The van der Waals surface area contributed by atoms with Crippen LogP contribution in [-0.4, -0.2) is 16.6 Å². The number of fused-ring (bicyclic) bond motifs is 1. The van der Waals surface area contributed by atoms with E-state index in [-0.39, 0.29) is 12.3 Å². The Hall–Kier alpha value is -2.49. The number of anilines is 1. The lowest BCUT2D eigenvalue weighted by molar-refractivity contribution is -0.115. The summed E-state index contributed by atoms with van der Waals surface area (Å²) in [5, 5.41) is 2.77. The fraction of sp³-hybridized carbons (Fsp3) is 0.133. The second-order valence-electron chi connectivity index (χ2n) is 4.52. The maximum atomic E-state index is 11.9. The highest BCUT2D eigenvalue weighted by Crippen LogP contribution is 2.26. The average Bonchev–Trinajstić information content (AvgIpc) is 2.57. The van der Waals surface area contributed by atoms with Gasteiger partial charge < -0.3 is 5.32 Å². The van der Waals surface area contributed by atoms with Crippen molar-refractivity contribution in [3.63, 3.8) is 0 Å². The van der Waals surface area contributed by atoms with Crippen LogP contribution in [0.15, 0.2) is 47.6 Å². The predicted octanol–water partition coefficient (Wildman–Crippen LogP) is 2.85. The summed E-state index contributed by atoms with van der Waals surface area (Å²) in [5.74, 6) is 0.436. The van der Waals surface area contributed by atoms with Crippen LogP contribution in [0.1, 0.15) is 17.5 Å². The molecule has 4 heteroatoms. The van der Waals surface area contributed by atoms with Crippen LogP contribution >= 0.6 is 0 Å². The zero-order chi connectivity index (χ0) is 13.2. The lowest BCUT2D eigenvalue weighted by Crippen LogP contribution is -2.15. The predicted molar refractivity (Wildman–Crippen MR) is 74.9 cm³/mol. The van der Waals surface area contributed by atoms with Gasteiger partial charge in [0.05, 0.1) is 12.1 Å². The van der Waals surface area contributed by atoms with E-state index in [1.807, 2.05) is 43.3 Å². The molecule has 1 aromatic heterocycles. The van der Waals surface area contributed by atoms with Crippen LogP contribution in [-0.2, 0) is 4.79 Å². The number of rotatable bonds is 1. The number of carbonyl (C=O) groups is 1. The fourth-order valence-electron chi connectivity index (χ4n) is 2.01. The highest BCUT2D eigenvalue weighted by Gasteiger charge is 2.17. The Bertz CT molecular complexity index is 659. The second-order valence-corrected chi connectivity index (χ2v) is 4.52. The van der Waals surface area contributed by atoms with Crippen LogP contribution in [0.5, 0.6) is 0 Å². The fourth-order valence-corrected chi connectivity index (χ4v) is 2.01. The van der Waals surface area contributed by atoms with Crippen molar-refractivity contribution in [3.05, 3.63) is 53.7 Å². The zero-order valence-corrected chi connectivity index (χ0v) is 10.6. The van der Waals surface area contributed by atoms with Crippen LogP contribution in [0.3, 0.4) is 0 Å². The molecular formula is C15H13N3O. The summed E-state index contributed by atoms with van der Waals surface area (Å²) in [6, 6.07) is 11.7. The number of hydrogen-bond donors (Lipinski definition) is 1. The maximum Gasteiger partial charge on any atom is 0.231 e. The third-order valence-corrected chi connectivity index (χ3v) is 3.01. The molecule has 19 heavy (non-hydrogen) atoms. The first kappa shape index (κ1) is 11.6. The number of carbonyl (C=O) groups excluding carboxylic acids is 1. The van der Waals surface area contributed by atoms with Gasteiger partial charge >= 0.3 is 0 Å². The van der Waals surface area contributed by atoms with E-state index in [0.29, 0.717) is 11.5 Å². The van der Waals surface area contributed by atoms with Crippen LogP contribution in [0.25, 0.3) is 0 Å². The molecule has 0 saturated heterocycles. The smallest absolute Gasteiger partial charge is 0.231 e. The summed E-state index contributed by atoms with van der Waals surface area (Å²) in [7, 11) is 0. The normalized spacial score (nSPS) is 14.2. The first-order valence-electron chi connectivity index (χ1n) is 6.12. The number of pyridine rings is 1. The Kier molecular flexibility index (Phi) is 2.83. The number of amides is 1. The summed E-state index contributed by atoms with van der Waals surface area (Å²) < 4.78 is 0. The van der Waals surface area contributed by atoms with Crippen molar-refractivity contribution in [1.29, 1.82) is 0 Å². The first-order valence-corrected chi connectivity index (χ1v) is 6.12. The molecule has 0 saturated carbocycles. The number of benzene rings is 1. The average molecular weight is 251 g/mol. The lowest BCUT2D eigenvalue weighted by Gasteiger charge is -2.03. The standard InChI is InChI=1S/C15H13N3O/c1-10-4-6-11(7-5-10)13-9-14(19)18-15-12(17-13)3-2-8-16-15/h2-8H,9H2,1H3,(H,16,18,19). The van der Waals surface area contributed by atoms with Gasteiger partial charge in [0.15, 0.2) is 5.82 Å². The number of aryl methyl sites for hydroxylation is 1. The quantitative estimate of drug-likeness (QED) is 0.847. The number of nitrogens with zero attached hydrogens (tertiary/aromatic N) is 2. The molecule has 3 rings (SSSR count). The van der Waals surface area contributed by atoms with E-state index >= 15 is 0 Å². The van der Waals surface area contributed by atoms with Crippen LogP contribution in [0.4, 0.5) is 11.5 Å². The van der Waals surface area contributed by atoms with Crippen molar-refractivity contribution >= 4 is 23.1 Å². The Morgan fingerprint density at radius 3 is 2.74 bits per heavy atom. The molecule has 2 heterocycles. The Morgan fingerprint density at radius 1 is 1.16 bits per heavy atom. The summed E-state index contributed by atoms with van der Waals surface area (Å²) in [6.07, 6.45) is 1.91. The largest absolute Gasteiger partial charge is 0.309 e. The molecule has 0 aliphatic carbocycles. The number of hydrogen-bond acceptors (Lipinski definition) is 3. The molecule has 4 nitrogen and oxygen atoms in total. The molecule has 2 aromatic rings. The molecule has 0 radical (unpaired) electrons. The Labute approximate surface area is 111 Å².